The van der Waals surface area contributed by atoms with Crippen molar-refractivity contribution >= 4 is 11.7 Å². The summed E-state index contributed by atoms with van der Waals surface area (Å²) in [6.45, 7) is 4.27. The molecule has 0 aromatic carbocycles. The number of rotatable bonds is 5. The molecule has 1 amide bonds. The predicted molar refractivity (Wildman–Crippen MR) is 71.4 cm³/mol. The van der Waals surface area contributed by atoms with Gasteiger partial charge in [-0.1, -0.05) is 5.16 Å². The van der Waals surface area contributed by atoms with Crippen LogP contribution < -0.4 is 11.2 Å². The number of nitrogens with one attached hydrogen (secondary N) is 1. The Balaban J connectivity index is 2.86. The van der Waals surface area contributed by atoms with Crippen molar-refractivity contribution in [1.29, 1.82) is 0 Å². The van der Waals surface area contributed by atoms with Crippen LogP contribution in [-0.4, -0.2) is 39.9 Å². The fourth-order valence-corrected chi connectivity index (χ4v) is 1.61. The maximum Gasteiger partial charge on any atom is 0.259 e. The zero-order valence-electron chi connectivity index (χ0n) is 11.0. The van der Waals surface area contributed by atoms with Gasteiger partial charge in [0.2, 0.25) is 0 Å². The summed E-state index contributed by atoms with van der Waals surface area (Å²) in [5.74, 6) is -0.321. The van der Waals surface area contributed by atoms with E-state index in [4.69, 9.17) is 10.9 Å². The lowest BCUT2D eigenvalue weighted by atomic mass is 10.2. The van der Waals surface area contributed by atoms with Crippen molar-refractivity contribution < 1.29 is 10.0 Å². The van der Waals surface area contributed by atoms with Crippen LogP contribution in [0.3, 0.4) is 0 Å². The van der Waals surface area contributed by atoms with Gasteiger partial charge in [-0.25, -0.2) is 0 Å². The minimum absolute atomic E-state index is 0.0454. The first-order valence-electron chi connectivity index (χ1n) is 5.94. The maximum atomic E-state index is 12.2. The molecule has 1 heterocycles. The Morgan fingerprint density at radius 1 is 1.58 bits per heavy atom. The molecule has 1 aromatic rings. The second-order valence-electron chi connectivity index (χ2n) is 4.12. The largest absolute Gasteiger partial charge is 0.409 e. The lowest BCUT2D eigenvalue weighted by molar-refractivity contribution is 0.0766. The van der Waals surface area contributed by atoms with E-state index in [9.17, 15) is 9.59 Å². The van der Waals surface area contributed by atoms with E-state index >= 15 is 0 Å². The maximum absolute atomic E-state index is 12.2. The van der Waals surface area contributed by atoms with Crippen LogP contribution >= 0.6 is 0 Å². The number of carbonyl (C=O) groups is 1. The molecule has 0 aliphatic rings. The molecule has 0 unspecified atom stereocenters. The molecular weight excluding hydrogens is 248 g/mol. The SMILES string of the molecule is CCN(CCC(N)=NO)C(=O)c1c[nH]c(C)cc1=O. The number of nitrogens with zero attached hydrogens (tertiary/aromatic N) is 2. The van der Waals surface area contributed by atoms with Crippen LogP contribution in [0.2, 0.25) is 0 Å². The molecule has 7 nitrogen and oxygen atoms in total. The fraction of sp³-hybridized carbons (Fsp3) is 0.417. The van der Waals surface area contributed by atoms with Crippen molar-refractivity contribution in [3.05, 3.63) is 33.7 Å². The molecule has 0 saturated heterocycles. The second kappa shape index (κ2) is 6.58. The molecule has 0 spiro atoms. The van der Waals surface area contributed by atoms with E-state index in [-0.39, 0.29) is 29.2 Å². The highest BCUT2D eigenvalue weighted by Crippen LogP contribution is 2.01. The summed E-state index contributed by atoms with van der Waals surface area (Å²) >= 11 is 0. The minimum atomic E-state index is -0.366. The zero-order valence-corrected chi connectivity index (χ0v) is 11.0. The lowest BCUT2D eigenvalue weighted by Gasteiger charge is -2.20. The standard InChI is InChI=1S/C12H18N4O3/c1-3-16(5-4-11(13)15-19)12(18)9-7-14-8(2)6-10(9)17/h6-7,19H,3-5H2,1-2H3,(H2,13,15)(H,14,17). The summed E-state index contributed by atoms with van der Waals surface area (Å²) in [6.07, 6.45) is 1.66. The molecule has 0 aliphatic carbocycles. The molecule has 0 aliphatic heterocycles. The van der Waals surface area contributed by atoms with Crippen LogP contribution in [0.25, 0.3) is 0 Å². The van der Waals surface area contributed by atoms with Crippen LogP contribution in [0, 0.1) is 6.92 Å². The molecule has 0 saturated carbocycles. The Morgan fingerprint density at radius 3 is 2.79 bits per heavy atom. The van der Waals surface area contributed by atoms with Crippen molar-refractivity contribution in [3.63, 3.8) is 0 Å². The molecule has 1 aromatic heterocycles. The van der Waals surface area contributed by atoms with Crippen molar-refractivity contribution in [1.82, 2.24) is 9.88 Å². The summed E-state index contributed by atoms with van der Waals surface area (Å²) in [5.41, 5.74) is 5.83. The molecular formula is C12H18N4O3. The monoisotopic (exact) mass is 266 g/mol. The number of nitrogens with two attached hydrogens (primary N) is 1. The zero-order chi connectivity index (χ0) is 14.4. The molecule has 0 atom stereocenters. The smallest absolute Gasteiger partial charge is 0.259 e. The number of amidine groups is 1. The van der Waals surface area contributed by atoms with Crippen LogP contribution in [0.4, 0.5) is 0 Å². The van der Waals surface area contributed by atoms with E-state index in [0.717, 1.165) is 0 Å². The number of aromatic nitrogens is 1. The minimum Gasteiger partial charge on any atom is -0.409 e. The molecule has 104 valence electrons. The number of aromatic amines is 1. The number of H-pyrrole nitrogens is 1. The highest BCUT2D eigenvalue weighted by Gasteiger charge is 2.17. The summed E-state index contributed by atoms with van der Waals surface area (Å²) in [6, 6.07) is 1.38. The number of amides is 1. The Labute approximate surface area is 110 Å². The predicted octanol–water partition coefficient (Wildman–Crippen LogP) is 0.282. The third kappa shape index (κ3) is 3.84. The third-order valence-corrected chi connectivity index (χ3v) is 2.72. The van der Waals surface area contributed by atoms with Gasteiger partial charge in [0.15, 0.2) is 5.43 Å². The van der Waals surface area contributed by atoms with Gasteiger partial charge >= 0.3 is 0 Å². The number of pyridine rings is 1. The lowest BCUT2D eigenvalue weighted by Crippen LogP contribution is -2.36. The topological polar surface area (TPSA) is 112 Å². The average molecular weight is 266 g/mol. The van der Waals surface area contributed by atoms with Gasteiger partial charge in [-0.3, -0.25) is 9.59 Å². The third-order valence-electron chi connectivity index (χ3n) is 2.72. The molecule has 0 fully saturated rings. The molecule has 19 heavy (non-hydrogen) atoms. The first-order valence-corrected chi connectivity index (χ1v) is 5.94. The summed E-state index contributed by atoms with van der Waals surface area (Å²) in [4.78, 5) is 28.2. The van der Waals surface area contributed by atoms with E-state index in [1.54, 1.807) is 13.8 Å². The number of hydrogen-bond acceptors (Lipinski definition) is 4. The Morgan fingerprint density at radius 2 is 2.26 bits per heavy atom. The Kier molecular flexibility index (Phi) is 5.11. The van der Waals surface area contributed by atoms with Gasteiger partial charge < -0.3 is 20.8 Å². The normalized spacial score (nSPS) is 11.4. The van der Waals surface area contributed by atoms with Crippen LogP contribution in [0.15, 0.2) is 22.2 Å². The summed E-state index contributed by atoms with van der Waals surface area (Å²) in [7, 11) is 0. The van der Waals surface area contributed by atoms with E-state index in [1.807, 2.05) is 0 Å². The van der Waals surface area contributed by atoms with Crippen LogP contribution in [0.1, 0.15) is 29.4 Å². The quantitative estimate of drug-likeness (QED) is 0.307. The second-order valence-corrected chi connectivity index (χ2v) is 4.12. The highest BCUT2D eigenvalue weighted by atomic mass is 16.4. The van der Waals surface area contributed by atoms with Crippen molar-refractivity contribution in [3.8, 4) is 0 Å². The van der Waals surface area contributed by atoms with E-state index in [1.165, 1.54) is 17.2 Å². The summed E-state index contributed by atoms with van der Waals surface area (Å²) in [5, 5.41) is 11.3. The number of carbonyl (C=O) groups excluding carboxylic acids is 1. The molecule has 1 rings (SSSR count). The fourth-order valence-electron chi connectivity index (χ4n) is 1.61. The van der Waals surface area contributed by atoms with E-state index in [0.29, 0.717) is 18.8 Å². The van der Waals surface area contributed by atoms with E-state index < -0.39 is 0 Å². The number of aryl methyl sites for hydroxylation is 1. The molecule has 7 heteroatoms. The van der Waals surface area contributed by atoms with Gasteiger partial charge in [-0.15, -0.1) is 0 Å². The molecule has 0 bridgehead atoms. The van der Waals surface area contributed by atoms with Gasteiger partial charge in [0, 0.05) is 37.5 Å². The van der Waals surface area contributed by atoms with Gasteiger partial charge in [0.1, 0.15) is 11.4 Å². The molecule has 4 N–H and O–H groups in total. The Bertz CT molecular complexity index is 536. The van der Waals surface area contributed by atoms with Gasteiger partial charge in [0.25, 0.3) is 5.91 Å². The van der Waals surface area contributed by atoms with Crippen molar-refractivity contribution in [2.75, 3.05) is 13.1 Å². The Hall–Kier alpha value is -2.31. The van der Waals surface area contributed by atoms with E-state index in [2.05, 4.69) is 10.1 Å². The first kappa shape index (κ1) is 14.7. The van der Waals surface area contributed by atoms with Crippen molar-refractivity contribution in [2.45, 2.75) is 20.3 Å². The number of oxime groups is 1. The van der Waals surface area contributed by atoms with Crippen molar-refractivity contribution in [2.24, 2.45) is 10.9 Å². The number of hydrogen-bond donors (Lipinski definition) is 3. The van der Waals surface area contributed by atoms with Gasteiger partial charge in [0.05, 0.1) is 0 Å². The van der Waals surface area contributed by atoms with Crippen LogP contribution in [-0.2, 0) is 0 Å². The summed E-state index contributed by atoms with van der Waals surface area (Å²) < 4.78 is 0. The van der Waals surface area contributed by atoms with Gasteiger partial charge in [-0.05, 0) is 13.8 Å². The van der Waals surface area contributed by atoms with Crippen LogP contribution in [0.5, 0.6) is 0 Å². The molecule has 0 radical (unpaired) electrons. The highest BCUT2D eigenvalue weighted by molar-refractivity contribution is 5.94. The first-order chi connectivity index (χ1) is 8.99. The van der Waals surface area contributed by atoms with Gasteiger partial charge in [-0.2, -0.15) is 0 Å². The average Bonchev–Trinajstić information content (AvgIpc) is 2.38.